The Morgan fingerprint density at radius 3 is 2.67 bits per heavy atom. The summed E-state index contributed by atoms with van der Waals surface area (Å²) in [7, 11) is 0. The number of rotatable bonds is 1. The fraction of sp³-hybridized carbons (Fsp3) is 0.133. The molecule has 2 N–H and O–H groups in total. The maximum atomic E-state index is 12.1. The summed E-state index contributed by atoms with van der Waals surface area (Å²) in [5.74, 6) is 0.0663. The van der Waals surface area contributed by atoms with E-state index < -0.39 is 0 Å². The molecule has 1 atom stereocenters. The van der Waals surface area contributed by atoms with E-state index in [0.29, 0.717) is 6.42 Å². The molecule has 0 radical (unpaired) electrons. The minimum absolute atomic E-state index is 0.0133. The Kier molecular flexibility index (Phi) is 2.52. The SMILES string of the molecule is O=C1Nc2ccc(O)cc2C[C@@H]1c1ccccc1. The van der Waals surface area contributed by atoms with Crippen molar-refractivity contribution in [2.24, 2.45) is 0 Å². The fourth-order valence-electron chi connectivity index (χ4n) is 2.36. The van der Waals surface area contributed by atoms with Crippen molar-refractivity contribution in [3.63, 3.8) is 0 Å². The highest BCUT2D eigenvalue weighted by molar-refractivity contribution is 5.99. The summed E-state index contributed by atoms with van der Waals surface area (Å²) in [4.78, 5) is 12.1. The third-order valence-electron chi connectivity index (χ3n) is 3.29. The zero-order chi connectivity index (χ0) is 12.5. The van der Waals surface area contributed by atoms with E-state index in [9.17, 15) is 9.90 Å². The number of hydrogen-bond donors (Lipinski definition) is 2. The number of phenolic OH excluding ortho intramolecular Hbond substituents is 1. The third kappa shape index (κ3) is 1.84. The Bertz CT molecular complexity index is 593. The predicted molar refractivity (Wildman–Crippen MR) is 69.6 cm³/mol. The van der Waals surface area contributed by atoms with E-state index >= 15 is 0 Å². The average molecular weight is 239 g/mol. The third-order valence-corrected chi connectivity index (χ3v) is 3.29. The van der Waals surface area contributed by atoms with E-state index in [1.165, 1.54) is 0 Å². The van der Waals surface area contributed by atoms with Gasteiger partial charge >= 0.3 is 0 Å². The van der Waals surface area contributed by atoms with Gasteiger partial charge in [-0.3, -0.25) is 4.79 Å². The average Bonchev–Trinajstić information content (AvgIpc) is 2.39. The lowest BCUT2D eigenvalue weighted by molar-refractivity contribution is -0.117. The van der Waals surface area contributed by atoms with E-state index in [0.717, 1.165) is 16.8 Å². The van der Waals surface area contributed by atoms with Gasteiger partial charge in [0.15, 0.2) is 0 Å². The fourth-order valence-corrected chi connectivity index (χ4v) is 2.36. The second-order valence-corrected chi connectivity index (χ2v) is 4.50. The van der Waals surface area contributed by atoms with Crippen LogP contribution in [0.4, 0.5) is 5.69 Å². The van der Waals surface area contributed by atoms with Gasteiger partial charge in [0.25, 0.3) is 0 Å². The first-order valence-corrected chi connectivity index (χ1v) is 5.92. The number of nitrogens with one attached hydrogen (secondary N) is 1. The first kappa shape index (κ1) is 10.8. The van der Waals surface area contributed by atoms with Crippen LogP contribution in [0.5, 0.6) is 5.75 Å². The van der Waals surface area contributed by atoms with Gasteiger partial charge in [0, 0.05) is 5.69 Å². The topological polar surface area (TPSA) is 49.3 Å². The zero-order valence-electron chi connectivity index (χ0n) is 9.76. The molecule has 3 rings (SSSR count). The Balaban J connectivity index is 1.99. The molecule has 1 aliphatic rings. The lowest BCUT2D eigenvalue weighted by atomic mass is 9.87. The van der Waals surface area contributed by atoms with Crippen molar-refractivity contribution in [3.8, 4) is 5.75 Å². The predicted octanol–water partition coefficient (Wildman–Crippen LogP) is 2.67. The number of aromatic hydroxyl groups is 1. The second kappa shape index (κ2) is 4.18. The molecule has 0 saturated heterocycles. The van der Waals surface area contributed by atoms with Crippen molar-refractivity contribution in [2.75, 3.05) is 5.32 Å². The van der Waals surface area contributed by atoms with E-state index in [4.69, 9.17) is 0 Å². The summed E-state index contributed by atoms with van der Waals surface area (Å²) in [6.07, 6.45) is 0.625. The molecule has 0 unspecified atom stereocenters. The molecule has 18 heavy (non-hydrogen) atoms. The Labute approximate surface area is 105 Å². The van der Waals surface area contributed by atoms with Crippen molar-refractivity contribution >= 4 is 11.6 Å². The molecule has 0 bridgehead atoms. The molecule has 1 amide bonds. The molecule has 90 valence electrons. The minimum Gasteiger partial charge on any atom is -0.508 e. The molecule has 1 heterocycles. The van der Waals surface area contributed by atoms with Crippen LogP contribution >= 0.6 is 0 Å². The van der Waals surface area contributed by atoms with Crippen LogP contribution in [0.25, 0.3) is 0 Å². The van der Waals surface area contributed by atoms with Crippen LogP contribution in [0.15, 0.2) is 48.5 Å². The quantitative estimate of drug-likeness (QED) is 0.752. The maximum absolute atomic E-state index is 12.1. The summed E-state index contributed by atoms with van der Waals surface area (Å²) in [5.41, 5.74) is 2.78. The molecular formula is C15H13NO2. The van der Waals surface area contributed by atoms with Gasteiger partial charge in [-0.15, -0.1) is 0 Å². The molecule has 3 nitrogen and oxygen atoms in total. The Morgan fingerprint density at radius 2 is 1.89 bits per heavy atom. The highest BCUT2D eigenvalue weighted by Gasteiger charge is 2.27. The minimum atomic E-state index is -0.180. The smallest absolute Gasteiger partial charge is 0.232 e. The molecule has 3 heteroatoms. The summed E-state index contributed by atoms with van der Waals surface area (Å²) in [6.45, 7) is 0. The van der Waals surface area contributed by atoms with Gasteiger partial charge in [0.05, 0.1) is 5.92 Å². The first-order chi connectivity index (χ1) is 8.74. The number of amides is 1. The molecular weight excluding hydrogens is 226 g/mol. The van der Waals surface area contributed by atoms with E-state index in [1.54, 1.807) is 18.2 Å². The normalized spacial score (nSPS) is 18.0. The number of carbonyl (C=O) groups is 1. The highest BCUT2D eigenvalue weighted by atomic mass is 16.3. The number of anilines is 1. The number of carbonyl (C=O) groups excluding carboxylic acids is 1. The molecule has 0 aliphatic carbocycles. The maximum Gasteiger partial charge on any atom is 0.232 e. The van der Waals surface area contributed by atoms with Crippen LogP contribution in [-0.2, 0) is 11.2 Å². The Hall–Kier alpha value is -2.29. The van der Waals surface area contributed by atoms with Gasteiger partial charge in [-0.05, 0) is 35.7 Å². The molecule has 0 fully saturated rings. The lowest BCUT2D eigenvalue weighted by Crippen LogP contribution is -2.28. The molecule has 1 aliphatic heterocycles. The molecule has 2 aromatic rings. The van der Waals surface area contributed by atoms with Crippen molar-refractivity contribution < 1.29 is 9.90 Å². The van der Waals surface area contributed by atoms with E-state index in [1.807, 2.05) is 30.3 Å². The molecule has 0 spiro atoms. The van der Waals surface area contributed by atoms with Gasteiger partial charge < -0.3 is 10.4 Å². The molecule has 2 aromatic carbocycles. The number of phenols is 1. The van der Waals surface area contributed by atoms with Crippen LogP contribution < -0.4 is 5.32 Å². The van der Waals surface area contributed by atoms with Crippen molar-refractivity contribution in [2.45, 2.75) is 12.3 Å². The largest absolute Gasteiger partial charge is 0.508 e. The summed E-state index contributed by atoms with van der Waals surface area (Å²) in [6, 6.07) is 14.7. The summed E-state index contributed by atoms with van der Waals surface area (Å²) < 4.78 is 0. The molecule has 0 saturated carbocycles. The van der Waals surface area contributed by atoms with Crippen LogP contribution in [0.2, 0.25) is 0 Å². The highest BCUT2D eigenvalue weighted by Crippen LogP contribution is 2.33. The standard InChI is InChI=1S/C15H13NO2/c17-12-6-7-14-11(8-12)9-13(15(18)16-14)10-4-2-1-3-5-10/h1-8,13,17H,9H2,(H,16,18)/t13-/m1/s1. The van der Waals surface area contributed by atoms with E-state index in [2.05, 4.69) is 5.32 Å². The van der Waals surface area contributed by atoms with Gasteiger partial charge in [-0.2, -0.15) is 0 Å². The second-order valence-electron chi connectivity index (χ2n) is 4.50. The molecule has 0 aromatic heterocycles. The number of fused-ring (bicyclic) bond motifs is 1. The van der Waals surface area contributed by atoms with Gasteiger partial charge in [-0.1, -0.05) is 30.3 Å². The van der Waals surface area contributed by atoms with Gasteiger partial charge in [0.2, 0.25) is 5.91 Å². The van der Waals surface area contributed by atoms with Crippen LogP contribution in [0.3, 0.4) is 0 Å². The monoisotopic (exact) mass is 239 g/mol. The number of benzene rings is 2. The van der Waals surface area contributed by atoms with E-state index in [-0.39, 0.29) is 17.6 Å². The number of hydrogen-bond acceptors (Lipinski definition) is 2. The summed E-state index contributed by atoms with van der Waals surface area (Å²) >= 11 is 0. The lowest BCUT2D eigenvalue weighted by Gasteiger charge is -2.25. The summed E-state index contributed by atoms with van der Waals surface area (Å²) in [5, 5.41) is 12.4. The zero-order valence-corrected chi connectivity index (χ0v) is 9.76. The van der Waals surface area contributed by atoms with Crippen molar-refractivity contribution in [1.29, 1.82) is 0 Å². The van der Waals surface area contributed by atoms with Gasteiger partial charge in [0.1, 0.15) is 5.75 Å². The van der Waals surface area contributed by atoms with Crippen molar-refractivity contribution in [3.05, 3.63) is 59.7 Å². The van der Waals surface area contributed by atoms with Crippen molar-refractivity contribution in [1.82, 2.24) is 0 Å². The van der Waals surface area contributed by atoms with Crippen LogP contribution in [-0.4, -0.2) is 11.0 Å². The Morgan fingerprint density at radius 1 is 1.11 bits per heavy atom. The van der Waals surface area contributed by atoms with Crippen LogP contribution in [0.1, 0.15) is 17.0 Å². The van der Waals surface area contributed by atoms with Crippen LogP contribution in [0, 0.1) is 0 Å². The first-order valence-electron chi connectivity index (χ1n) is 5.92. The van der Waals surface area contributed by atoms with Gasteiger partial charge in [-0.25, -0.2) is 0 Å².